The molecule has 2 N–H and O–H groups in total. The molecule has 0 heterocycles. The molecule has 0 saturated heterocycles. The Hall–Kier alpha value is -1.52. The summed E-state index contributed by atoms with van der Waals surface area (Å²) in [6, 6.07) is 4.21. The maximum Gasteiger partial charge on any atom is 0.387 e. The topological polar surface area (TPSA) is 44.5 Å². The highest BCUT2D eigenvalue weighted by atomic mass is 19.3. The Morgan fingerprint density at radius 1 is 1.31 bits per heavy atom. The number of rotatable bonds is 3. The lowest BCUT2D eigenvalue weighted by Gasteiger charge is -2.09. The molecule has 1 rings (SSSR count). The zero-order chi connectivity index (χ0) is 9.84. The van der Waals surface area contributed by atoms with Gasteiger partial charge in [0, 0.05) is 11.8 Å². The van der Waals surface area contributed by atoms with E-state index >= 15 is 0 Å². The van der Waals surface area contributed by atoms with Gasteiger partial charge in [-0.3, -0.25) is 0 Å². The van der Waals surface area contributed by atoms with Gasteiger partial charge in [0.1, 0.15) is 0 Å². The van der Waals surface area contributed by atoms with Gasteiger partial charge in [0.2, 0.25) is 0 Å². The molecule has 0 fully saturated rings. The highest BCUT2D eigenvalue weighted by Gasteiger charge is 2.09. The minimum atomic E-state index is -2.86. The molecule has 0 spiro atoms. The van der Waals surface area contributed by atoms with Crippen LogP contribution in [0.4, 0.5) is 14.5 Å². The Kier molecular flexibility index (Phi) is 2.89. The second-order valence-corrected chi connectivity index (χ2v) is 2.29. The minimum Gasteiger partial charge on any atom is -0.493 e. The number of nitrogen functional groups attached to an aromatic ring is 1. The van der Waals surface area contributed by atoms with Crippen molar-refractivity contribution in [2.75, 3.05) is 12.8 Å². The Labute approximate surface area is 74.1 Å². The van der Waals surface area contributed by atoms with Crippen LogP contribution in [-0.2, 0) is 0 Å². The van der Waals surface area contributed by atoms with E-state index in [0.29, 0.717) is 5.69 Å². The number of methoxy groups -OCH3 is 1. The van der Waals surface area contributed by atoms with Crippen LogP contribution in [-0.4, -0.2) is 13.7 Å². The number of halogens is 2. The lowest BCUT2D eigenvalue weighted by atomic mass is 10.3. The van der Waals surface area contributed by atoms with Crippen LogP contribution < -0.4 is 15.2 Å². The standard InChI is InChI=1S/C8H9F2NO2/c1-12-7-4-5(11)2-3-6(7)13-8(9)10/h2-4,8H,11H2,1H3. The summed E-state index contributed by atoms with van der Waals surface area (Å²) >= 11 is 0. The van der Waals surface area contributed by atoms with Crippen LogP contribution in [0, 0.1) is 0 Å². The third-order valence-electron chi connectivity index (χ3n) is 1.40. The molecule has 0 bridgehead atoms. The van der Waals surface area contributed by atoms with Crippen LogP contribution in [0.1, 0.15) is 0 Å². The minimum absolute atomic E-state index is 0.0216. The van der Waals surface area contributed by atoms with E-state index in [9.17, 15) is 8.78 Å². The summed E-state index contributed by atoms with van der Waals surface area (Å²) in [4.78, 5) is 0. The third kappa shape index (κ3) is 2.47. The lowest BCUT2D eigenvalue weighted by Crippen LogP contribution is -2.03. The van der Waals surface area contributed by atoms with E-state index < -0.39 is 6.61 Å². The van der Waals surface area contributed by atoms with Crippen LogP contribution in [0.25, 0.3) is 0 Å². The molecule has 0 radical (unpaired) electrons. The summed E-state index contributed by atoms with van der Waals surface area (Å²) in [6.07, 6.45) is 0. The van der Waals surface area contributed by atoms with Crippen molar-refractivity contribution in [2.45, 2.75) is 6.61 Å². The first-order valence-corrected chi connectivity index (χ1v) is 3.52. The second kappa shape index (κ2) is 3.93. The normalized spacial score (nSPS) is 10.2. The molecular formula is C8H9F2NO2. The van der Waals surface area contributed by atoms with Gasteiger partial charge in [-0.05, 0) is 12.1 Å². The van der Waals surface area contributed by atoms with Crippen LogP contribution >= 0.6 is 0 Å². The molecule has 0 atom stereocenters. The van der Waals surface area contributed by atoms with Crippen LogP contribution in [0.5, 0.6) is 11.5 Å². The van der Waals surface area contributed by atoms with E-state index in [1.54, 1.807) is 0 Å². The van der Waals surface area contributed by atoms with Crippen molar-refractivity contribution in [1.82, 2.24) is 0 Å². The van der Waals surface area contributed by atoms with Crippen LogP contribution in [0.2, 0.25) is 0 Å². The van der Waals surface area contributed by atoms with Gasteiger partial charge in [0.15, 0.2) is 11.5 Å². The fourth-order valence-electron chi connectivity index (χ4n) is 0.878. The number of hydrogen-bond acceptors (Lipinski definition) is 3. The van der Waals surface area contributed by atoms with E-state index in [2.05, 4.69) is 4.74 Å². The Morgan fingerprint density at radius 2 is 2.00 bits per heavy atom. The Morgan fingerprint density at radius 3 is 2.54 bits per heavy atom. The smallest absolute Gasteiger partial charge is 0.387 e. The molecule has 0 aliphatic rings. The number of nitrogens with two attached hydrogens (primary N) is 1. The van der Waals surface area contributed by atoms with Crippen molar-refractivity contribution < 1.29 is 18.3 Å². The molecule has 0 aliphatic heterocycles. The molecule has 0 unspecified atom stereocenters. The summed E-state index contributed by atoms with van der Waals surface area (Å²) in [5.74, 6) is 0.173. The Bertz CT molecular complexity index is 291. The fraction of sp³-hybridized carbons (Fsp3) is 0.250. The van der Waals surface area contributed by atoms with E-state index in [0.717, 1.165) is 0 Å². The first kappa shape index (κ1) is 9.57. The van der Waals surface area contributed by atoms with Gasteiger partial charge < -0.3 is 15.2 Å². The molecule has 0 aliphatic carbocycles. The van der Waals surface area contributed by atoms with Gasteiger partial charge >= 0.3 is 6.61 Å². The van der Waals surface area contributed by atoms with Crippen molar-refractivity contribution in [3.05, 3.63) is 18.2 Å². The molecule has 0 saturated carbocycles. The highest BCUT2D eigenvalue weighted by Crippen LogP contribution is 2.29. The van der Waals surface area contributed by atoms with Gasteiger partial charge in [-0.2, -0.15) is 8.78 Å². The highest BCUT2D eigenvalue weighted by molar-refractivity contribution is 5.51. The molecule has 1 aromatic rings. The zero-order valence-electron chi connectivity index (χ0n) is 6.96. The van der Waals surface area contributed by atoms with Crippen LogP contribution in [0.3, 0.4) is 0 Å². The predicted octanol–water partition coefficient (Wildman–Crippen LogP) is 1.88. The van der Waals surface area contributed by atoms with E-state index in [1.807, 2.05) is 0 Å². The zero-order valence-corrected chi connectivity index (χ0v) is 6.96. The van der Waals surface area contributed by atoms with E-state index in [1.165, 1.54) is 25.3 Å². The van der Waals surface area contributed by atoms with Gasteiger partial charge in [0.05, 0.1) is 7.11 Å². The summed E-state index contributed by atoms with van der Waals surface area (Å²) in [5, 5.41) is 0. The average molecular weight is 189 g/mol. The first-order chi connectivity index (χ1) is 6.13. The largest absolute Gasteiger partial charge is 0.493 e. The average Bonchev–Trinajstić information content (AvgIpc) is 2.07. The number of hydrogen-bond donors (Lipinski definition) is 1. The summed E-state index contributed by atoms with van der Waals surface area (Å²) in [5.41, 5.74) is 5.84. The third-order valence-corrected chi connectivity index (χ3v) is 1.40. The molecule has 13 heavy (non-hydrogen) atoms. The number of alkyl halides is 2. The second-order valence-electron chi connectivity index (χ2n) is 2.29. The van der Waals surface area contributed by atoms with Crippen molar-refractivity contribution in [3.8, 4) is 11.5 Å². The fourth-order valence-corrected chi connectivity index (χ4v) is 0.878. The molecule has 0 aromatic heterocycles. The lowest BCUT2D eigenvalue weighted by molar-refractivity contribution is -0.0512. The first-order valence-electron chi connectivity index (χ1n) is 3.52. The van der Waals surface area contributed by atoms with Crippen molar-refractivity contribution in [3.63, 3.8) is 0 Å². The van der Waals surface area contributed by atoms with Gasteiger partial charge in [-0.1, -0.05) is 0 Å². The summed E-state index contributed by atoms with van der Waals surface area (Å²) in [6.45, 7) is -2.86. The monoisotopic (exact) mass is 189 g/mol. The Balaban J connectivity index is 2.92. The molecule has 0 amide bonds. The molecule has 1 aromatic carbocycles. The molecule has 3 nitrogen and oxygen atoms in total. The SMILES string of the molecule is COc1cc(N)ccc1OC(F)F. The van der Waals surface area contributed by atoms with Gasteiger partial charge in [0.25, 0.3) is 0 Å². The quantitative estimate of drug-likeness (QED) is 0.738. The number of anilines is 1. The van der Waals surface area contributed by atoms with Gasteiger partial charge in [-0.15, -0.1) is 0 Å². The maximum atomic E-state index is 11.8. The summed E-state index contributed by atoms with van der Waals surface area (Å²) in [7, 11) is 1.35. The number of benzene rings is 1. The summed E-state index contributed by atoms with van der Waals surface area (Å²) < 4.78 is 32.6. The molecular weight excluding hydrogens is 180 g/mol. The van der Waals surface area contributed by atoms with Crippen molar-refractivity contribution in [1.29, 1.82) is 0 Å². The maximum absolute atomic E-state index is 11.8. The molecule has 5 heteroatoms. The number of ether oxygens (including phenoxy) is 2. The van der Waals surface area contributed by atoms with Crippen molar-refractivity contribution in [2.24, 2.45) is 0 Å². The van der Waals surface area contributed by atoms with E-state index in [4.69, 9.17) is 10.5 Å². The molecule has 72 valence electrons. The van der Waals surface area contributed by atoms with E-state index in [-0.39, 0.29) is 11.5 Å². The predicted molar refractivity (Wildman–Crippen MR) is 44.0 cm³/mol. The van der Waals surface area contributed by atoms with Crippen molar-refractivity contribution >= 4 is 5.69 Å². The van der Waals surface area contributed by atoms with Crippen LogP contribution in [0.15, 0.2) is 18.2 Å². The van der Waals surface area contributed by atoms with Gasteiger partial charge in [-0.25, -0.2) is 0 Å².